The number of aromatic hydroxyl groups is 1. The number of esters is 1. The van der Waals surface area contributed by atoms with Crippen molar-refractivity contribution in [3.8, 4) is 34.3 Å². The number of ether oxygens (including phenoxy) is 3. The molecule has 0 unspecified atom stereocenters. The molecule has 0 fully saturated rings. The third-order valence-electron chi connectivity index (χ3n) is 5.81. The monoisotopic (exact) mass is 553 g/mol. The third kappa shape index (κ3) is 6.72. The van der Waals surface area contributed by atoms with Gasteiger partial charge in [0.25, 0.3) is 0 Å². The highest BCUT2D eigenvalue weighted by atomic mass is 16.5. The molecular weight excluding hydrogens is 526 g/mol. The number of para-hydroxylation sites is 2. The standard InChI is InChI=1S/C17H14O4.C15H13NO4/c1-19-13-10-6-9-12-14(18)17(20-2)15(21-16(12)13)11-7-4-3-5-8-11;1-10(17)16-11-6-8-12(9-7-11)20-15(19)13-4-2-3-5-14(13)18/h3-10H,1-2H3;2-9,18H,1H3,(H,16,17). The van der Waals surface area contributed by atoms with Gasteiger partial charge in [0.05, 0.1) is 19.6 Å². The topological polar surface area (TPSA) is 124 Å². The fourth-order valence-electron chi connectivity index (χ4n) is 3.92. The van der Waals surface area contributed by atoms with Gasteiger partial charge in [0.15, 0.2) is 17.1 Å². The van der Waals surface area contributed by atoms with Gasteiger partial charge < -0.3 is 29.1 Å². The van der Waals surface area contributed by atoms with Crippen LogP contribution in [0.5, 0.6) is 23.0 Å². The fraction of sp³-hybridized carbons (Fsp3) is 0.0938. The van der Waals surface area contributed by atoms with Crippen molar-refractivity contribution in [1.82, 2.24) is 0 Å². The first kappa shape index (κ1) is 28.4. The molecule has 0 bridgehead atoms. The summed E-state index contributed by atoms with van der Waals surface area (Å²) < 4.78 is 21.6. The van der Waals surface area contributed by atoms with E-state index in [1.807, 2.05) is 30.3 Å². The van der Waals surface area contributed by atoms with Crippen LogP contribution in [-0.4, -0.2) is 31.2 Å². The summed E-state index contributed by atoms with van der Waals surface area (Å²) in [5.74, 6) is 0.491. The second kappa shape index (κ2) is 13.0. The molecule has 1 amide bonds. The Hall–Kier alpha value is -5.57. The van der Waals surface area contributed by atoms with Crippen LogP contribution in [0.3, 0.4) is 0 Å². The number of amides is 1. The Bertz CT molecular complexity index is 1730. The minimum absolute atomic E-state index is 0.0958. The summed E-state index contributed by atoms with van der Waals surface area (Å²) in [5.41, 5.74) is 1.69. The quantitative estimate of drug-likeness (QED) is 0.192. The Morgan fingerprint density at radius 3 is 2.12 bits per heavy atom. The molecule has 0 spiro atoms. The maximum Gasteiger partial charge on any atom is 0.347 e. The number of anilines is 1. The number of carbonyl (C=O) groups excluding carboxylic acids is 2. The van der Waals surface area contributed by atoms with Gasteiger partial charge in [-0.25, -0.2) is 4.79 Å². The number of rotatable bonds is 6. The molecule has 5 rings (SSSR count). The molecule has 0 aliphatic rings. The van der Waals surface area contributed by atoms with E-state index in [9.17, 15) is 19.5 Å². The number of benzene rings is 4. The Morgan fingerprint density at radius 1 is 0.805 bits per heavy atom. The summed E-state index contributed by atoms with van der Waals surface area (Å²) in [5, 5.41) is 12.6. The minimum Gasteiger partial charge on any atom is -0.507 e. The summed E-state index contributed by atoms with van der Waals surface area (Å²) in [7, 11) is 3.01. The van der Waals surface area contributed by atoms with E-state index in [1.54, 1.807) is 61.7 Å². The number of hydrogen-bond acceptors (Lipinski definition) is 8. The number of nitrogens with one attached hydrogen (secondary N) is 1. The summed E-state index contributed by atoms with van der Waals surface area (Å²) in [6.45, 7) is 1.41. The summed E-state index contributed by atoms with van der Waals surface area (Å²) >= 11 is 0. The SMILES string of the molecule is CC(=O)Nc1ccc(OC(=O)c2ccccc2O)cc1.COc1c(-c2ccccc2)oc2c(OC)cccc2c1=O. The van der Waals surface area contributed by atoms with E-state index in [0.717, 1.165) is 5.56 Å². The number of fused-ring (bicyclic) bond motifs is 1. The van der Waals surface area contributed by atoms with E-state index < -0.39 is 5.97 Å². The Kier molecular flexibility index (Phi) is 9.01. The fourth-order valence-corrected chi connectivity index (χ4v) is 3.92. The van der Waals surface area contributed by atoms with Gasteiger partial charge in [-0.05, 0) is 48.5 Å². The van der Waals surface area contributed by atoms with Crippen LogP contribution in [-0.2, 0) is 4.79 Å². The van der Waals surface area contributed by atoms with Crippen molar-refractivity contribution >= 4 is 28.5 Å². The lowest BCUT2D eigenvalue weighted by Crippen LogP contribution is -2.09. The van der Waals surface area contributed by atoms with E-state index in [4.69, 9.17) is 18.6 Å². The lowest BCUT2D eigenvalue weighted by Gasteiger charge is -2.10. The van der Waals surface area contributed by atoms with Crippen molar-refractivity contribution in [2.75, 3.05) is 19.5 Å². The summed E-state index contributed by atoms with van der Waals surface area (Å²) in [6, 6.07) is 27.1. The van der Waals surface area contributed by atoms with Gasteiger partial charge in [0, 0.05) is 18.2 Å². The molecule has 1 heterocycles. The average Bonchev–Trinajstić information content (AvgIpc) is 2.98. The highest BCUT2D eigenvalue weighted by molar-refractivity contribution is 5.94. The highest BCUT2D eigenvalue weighted by Gasteiger charge is 2.18. The molecule has 0 radical (unpaired) electrons. The molecule has 9 heteroatoms. The zero-order chi connectivity index (χ0) is 29.4. The number of hydrogen-bond donors (Lipinski definition) is 2. The predicted octanol–water partition coefficient (Wildman–Crippen LogP) is 6.05. The summed E-state index contributed by atoms with van der Waals surface area (Å²) in [4.78, 5) is 35.3. The second-order valence-electron chi connectivity index (χ2n) is 8.61. The van der Waals surface area contributed by atoms with Crippen LogP contribution in [0.1, 0.15) is 17.3 Å². The largest absolute Gasteiger partial charge is 0.507 e. The Morgan fingerprint density at radius 2 is 1.49 bits per heavy atom. The Balaban J connectivity index is 0.000000189. The molecule has 0 saturated heterocycles. The van der Waals surface area contributed by atoms with Crippen molar-refractivity contribution in [1.29, 1.82) is 0 Å². The van der Waals surface area contributed by atoms with E-state index in [0.29, 0.717) is 33.9 Å². The van der Waals surface area contributed by atoms with Gasteiger partial charge in [-0.15, -0.1) is 0 Å². The lowest BCUT2D eigenvalue weighted by atomic mass is 10.1. The van der Waals surface area contributed by atoms with Crippen LogP contribution in [0.4, 0.5) is 5.69 Å². The van der Waals surface area contributed by atoms with Crippen molar-refractivity contribution in [3.63, 3.8) is 0 Å². The van der Waals surface area contributed by atoms with Crippen LogP contribution in [0.15, 0.2) is 106 Å². The smallest absolute Gasteiger partial charge is 0.347 e. The van der Waals surface area contributed by atoms with E-state index in [1.165, 1.54) is 26.2 Å². The first-order chi connectivity index (χ1) is 19.8. The lowest BCUT2D eigenvalue weighted by molar-refractivity contribution is -0.114. The average molecular weight is 554 g/mol. The number of carbonyl (C=O) groups is 2. The first-order valence-electron chi connectivity index (χ1n) is 12.4. The highest BCUT2D eigenvalue weighted by Crippen LogP contribution is 2.34. The molecule has 0 atom stereocenters. The van der Waals surface area contributed by atoms with Crippen molar-refractivity contribution < 1.29 is 33.3 Å². The first-order valence-corrected chi connectivity index (χ1v) is 12.4. The van der Waals surface area contributed by atoms with Crippen LogP contribution in [0.25, 0.3) is 22.3 Å². The van der Waals surface area contributed by atoms with Crippen LogP contribution in [0, 0.1) is 0 Å². The van der Waals surface area contributed by atoms with Crippen molar-refractivity contribution in [3.05, 3.63) is 113 Å². The molecule has 9 nitrogen and oxygen atoms in total. The second-order valence-corrected chi connectivity index (χ2v) is 8.61. The Labute approximate surface area is 235 Å². The maximum atomic E-state index is 12.6. The summed E-state index contributed by atoms with van der Waals surface area (Å²) in [6.07, 6.45) is 0. The predicted molar refractivity (Wildman–Crippen MR) is 155 cm³/mol. The molecule has 5 aromatic rings. The van der Waals surface area contributed by atoms with Crippen molar-refractivity contribution in [2.24, 2.45) is 0 Å². The van der Waals surface area contributed by atoms with Crippen molar-refractivity contribution in [2.45, 2.75) is 6.92 Å². The normalized spacial score (nSPS) is 10.2. The van der Waals surface area contributed by atoms with Gasteiger partial charge in [-0.2, -0.15) is 0 Å². The molecule has 0 aliphatic carbocycles. The van der Waals surface area contributed by atoms with Gasteiger partial charge in [0.1, 0.15) is 17.1 Å². The van der Waals surface area contributed by atoms with Gasteiger partial charge >= 0.3 is 5.97 Å². The van der Waals surface area contributed by atoms with Crippen LogP contribution in [0.2, 0.25) is 0 Å². The number of phenols is 1. The van der Waals surface area contributed by atoms with Gasteiger partial charge in [0.2, 0.25) is 17.1 Å². The van der Waals surface area contributed by atoms with E-state index in [-0.39, 0.29) is 28.4 Å². The molecule has 2 N–H and O–H groups in total. The zero-order valence-corrected chi connectivity index (χ0v) is 22.5. The van der Waals surface area contributed by atoms with Gasteiger partial charge in [-0.3, -0.25) is 9.59 Å². The third-order valence-corrected chi connectivity index (χ3v) is 5.81. The molecular formula is C32H27NO8. The van der Waals surface area contributed by atoms with E-state index in [2.05, 4.69) is 5.32 Å². The molecule has 41 heavy (non-hydrogen) atoms. The molecule has 4 aromatic carbocycles. The molecule has 208 valence electrons. The maximum absolute atomic E-state index is 12.6. The molecule has 1 aromatic heterocycles. The van der Waals surface area contributed by atoms with Gasteiger partial charge in [-0.1, -0.05) is 48.5 Å². The molecule has 0 saturated carbocycles. The number of phenolic OH excluding ortho intramolecular Hbond substituents is 1. The van der Waals surface area contributed by atoms with Crippen LogP contribution < -0.4 is 25.0 Å². The minimum atomic E-state index is -0.643. The van der Waals surface area contributed by atoms with E-state index >= 15 is 0 Å². The number of methoxy groups -OCH3 is 2. The van der Waals surface area contributed by atoms with Crippen LogP contribution >= 0.6 is 0 Å². The zero-order valence-electron chi connectivity index (χ0n) is 22.5. The molecule has 0 aliphatic heterocycles.